The van der Waals surface area contributed by atoms with Crippen molar-refractivity contribution in [3.63, 3.8) is 0 Å². The highest BCUT2D eigenvalue weighted by molar-refractivity contribution is 7.92. The molecular weight excluding hydrogens is 500 g/mol. The number of aromatic amines is 1. The van der Waals surface area contributed by atoms with Crippen LogP contribution in [0.5, 0.6) is 5.88 Å². The number of nitrogens with zero attached hydrogens (tertiary/aromatic N) is 1. The van der Waals surface area contributed by atoms with E-state index in [1.807, 2.05) is 61.5 Å². The van der Waals surface area contributed by atoms with Crippen molar-refractivity contribution >= 4 is 32.7 Å². The Morgan fingerprint density at radius 3 is 2.29 bits per heavy atom. The third kappa shape index (κ3) is 6.35. The molecule has 0 bridgehead atoms. The van der Waals surface area contributed by atoms with E-state index >= 15 is 0 Å². The number of anilines is 1. The van der Waals surface area contributed by atoms with E-state index in [9.17, 15) is 13.2 Å². The Hall–Kier alpha value is -3.82. The summed E-state index contributed by atoms with van der Waals surface area (Å²) in [5.41, 5.74) is 3.57. The molecule has 0 unspecified atom stereocenters. The molecule has 0 atom stereocenters. The molecule has 8 nitrogen and oxygen atoms in total. The Morgan fingerprint density at radius 2 is 1.66 bits per heavy atom. The highest BCUT2D eigenvalue weighted by atomic mass is 32.2. The molecule has 0 fully saturated rings. The molecule has 0 aliphatic rings. The van der Waals surface area contributed by atoms with Crippen LogP contribution < -0.4 is 14.8 Å². The maximum atomic E-state index is 13.2. The Kier molecular flexibility index (Phi) is 7.80. The minimum absolute atomic E-state index is 0.0775. The van der Waals surface area contributed by atoms with Crippen molar-refractivity contribution in [3.8, 4) is 17.0 Å². The largest absolute Gasteiger partial charge is 0.413 e. The molecule has 1 aromatic heterocycles. The predicted molar refractivity (Wildman–Crippen MR) is 152 cm³/mol. The first-order chi connectivity index (χ1) is 17.9. The van der Waals surface area contributed by atoms with Crippen LogP contribution in [0.1, 0.15) is 26.3 Å². The molecule has 9 heteroatoms. The number of nitrogens with one attached hydrogen (secondary N) is 3. The Balaban J connectivity index is 1.66. The minimum atomic E-state index is -3.81. The topological polar surface area (TPSA) is 104 Å². The lowest BCUT2D eigenvalue weighted by Crippen LogP contribution is -2.33. The number of carbonyl (C=O) groups excluding carboxylic acids is 1. The van der Waals surface area contributed by atoms with E-state index in [0.29, 0.717) is 29.9 Å². The maximum absolute atomic E-state index is 13.2. The van der Waals surface area contributed by atoms with Crippen LogP contribution in [0, 0.1) is 0 Å². The van der Waals surface area contributed by atoms with Crippen molar-refractivity contribution < 1.29 is 17.9 Å². The second-order valence-corrected chi connectivity index (χ2v) is 12.1. The zero-order valence-corrected chi connectivity index (χ0v) is 23.1. The maximum Gasteiger partial charge on any atom is 0.413 e. The summed E-state index contributed by atoms with van der Waals surface area (Å²) in [5, 5.41) is 3.46. The normalized spacial score (nSPS) is 12.1. The van der Waals surface area contributed by atoms with Crippen LogP contribution in [-0.2, 0) is 15.4 Å². The summed E-state index contributed by atoms with van der Waals surface area (Å²) < 4.78 is 34.6. The number of rotatable bonds is 8. The molecule has 0 spiro atoms. The molecular formula is C29H34N4O4S. The van der Waals surface area contributed by atoms with Gasteiger partial charge in [0.25, 0.3) is 10.0 Å². The Bertz CT molecular complexity index is 1520. The number of H-pyrrole nitrogens is 1. The quantitative estimate of drug-likeness (QED) is 0.274. The van der Waals surface area contributed by atoms with Gasteiger partial charge in [-0.2, -0.15) is 0 Å². The molecule has 4 aromatic rings. The summed E-state index contributed by atoms with van der Waals surface area (Å²) in [6.07, 6.45) is -0.574. The third-order valence-electron chi connectivity index (χ3n) is 6.13. The van der Waals surface area contributed by atoms with Gasteiger partial charge in [0, 0.05) is 29.7 Å². The Morgan fingerprint density at radius 1 is 0.974 bits per heavy atom. The van der Waals surface area contributed by atoms with E-state index in [4.69, 9.17) is 4.74 Å². The van der Waals surface area contributed by atoms with Gasteiger partial charge >= 0.3 is 6.09 Å². The first-order valence-corrected chi connectivity index (χ1v) is 13.9. The van der Waals surface area contributed by atoms with Crippen molar-refractivity contribution in [1.82, 2.24) is 15.2 Å². The molecule has 1 heterocycles. The zero-order valence-electron chi connectivity index (χ0n) is 22.3. The molecule has 3 aromatic carbocycles. The molecule has 0 saturated heterocycles. The van der Waals surface area contributed by atoms with Crippen molar-refractivity contribution in [2.75, 3.05) is 31.9 Å². The number of amides is 1. The van der Waals surface area contributed by atoms with Gasteiger partial charge in [-0.15, -0.1) is 0 Å². The van der Waals surface area contributed by atoms with Gasteiger partial charge < -0.3 is 19.9 Å². The van der Waals surface area contributed by atoms with E-state index in [1.54, 1.807) is 30.3 Å². The second-order valence-electron chi connectivity index (χ2n) is 10.5. The van der Waals surface area contributed by atoms with Gasteiger partial charge in [-0.1, -0.05) is 63.2 Å². The molecule has 0 aliphatic heterocycles. The molecule has 4 rings (SSSR count). The molecule has 1 amide bonds. The minimum Gasteiger partial charge on any atom is -0.393 e. The number of hydrogen-bond donors (Lipinski definition) is 3. The summed E-state index contributed by atoms with van der Waals surface area (Å²) in [7, 11) is 0.0324. The summed E-state index contributed by atoms with van der Waals surface area (Å²) in [6, 6.07) is 21.6. The van der Waals surface area contributed by atoms with Gasteiger partial charge in [-0.3, -0.25) is 4.72 Å². The van der Waals surface area contributed by atoms with Crippen molar-refractivity contribution in [1.29, 1.82) is 0 Å². The highest BCUT2D eigenvalue weighted by Gasteiger charge is 2.21. The Labute approximate surface area is 224 Å². The average Bonchev–Trinajstić information content (AvgIpc) is 3.20. The van der Waals surface area contributed by atoms with E-state index in [0.717, 1.165) is 16.5 Å². The first-order valence-electron chi connectivity index (χ1n) is 12.4. The summed E-state index contributed by atoms with van der Waals surface area (Å²) in [4.78, 5) is 17.8. The molecule has 0 aliphatic carbocycles. The van der Waals surface area contributed by atoms with E-state index in [1.165, 1.54) is 0 Å². The fourth-order valence-electron chi connectivity index (χ4n) is 4.06. The van der Waals surface area contributed by atoms with Crippen molar-refractivity contribution in [3.05, 3.63) is 78.4 Å². The molecule has 200 valence electrons. The summed E-state index contributed by atoms with van der Waals surface area (Å²) in [5.74, 6) is 0.284. The first kappa shape index (κ1) is 27.2. The monoisotopic (exact) mass is 534 g/mol. The lowest BCUT2D eigenvalue weighted by molar-refractivity contribution is 0.198. The lowest BCUT2D eigenvalue weighted by Gasteiger charge is -2.19. The van der Waals surface area contributed by atoms with Crippen LogP contribution in [-0.4, -0.2) is 51.6 Å². The van der Waals surface area contributed by atoms with Gasteiger partial charge in [0.05, 0.1) is 10.5 Å². The van der Waals surface area contributed by atoms with Crippen LogP contribution in [0.3, 0.4) is 0 Å². The van der Waals surface area contributed by atoms with Gasteiger partial charge in [-0.05, 0) is 61.0 Å². The smallest absolute Gasteiger partial charge is 0.393 e. The van der Waals surface area contributed by atoms with Crippen LogP contribution in [0.25, 0.3) is 22.0 Å². The van der Waals surface area contributed by atoms with Gasteiger partial charge in [-0.25, -0.2) is 13.2 Å². The number of carbonyl (C=O) groups is 1. The zero-order chi connectivity index (χ0) is 27.5. The highest BCUT2D eigenvalue weighted by Crippen LogP contribution is 2.39. The fraction of sp³-hybridized carbons (Fsp3) is 0.276. The van der Waals surface area contributed by atoms with E-state index in [-0.39, 0.29) is 16.2 Å². The van der Waals surface area contributed by atoms with E-state index < -0.39 is 16.1 Å². The number of benzene rings is 3. The summed E-state index contributed by atoms with van der Waals surface area (Å²) >= 11 is 0. The number of sulfonamides is 1. The lowest BCUT2D eigenvalue weighted by atomic mass is 9.87. The average molecular weight is 535 g/mol. The molecule has 0 radical (unpaired) electrons. The number of ether oxygens (including phenoxy) is 1. The molecule has 0 saturated carbocycles. The van der Waals surface area contributed by atoms with Crippen LogP contribution in [0.4, 0.5) is 10.5 Å². The van der Waals surface area contributed by atoms with Gasteiger partial charge in [0.2, 0.25) is 5.88 Å². The molecule has 3 N–H and O–H groups in total. The number of aromatic nitrogens is 1. The van der Waals surface area contributed by atoms with Crippen LogP contribution >= 0.6 is 0 Å². The van der Waals surface area contributed by atoms with Gasteiger partial charge in [0.15, 0.2) is 0 Å². The van der Waals surface area contributed by atoms with Crippen LogP contribution in [0.15, 0.2) is 77.7 Å². The second kappa shape index (κ2) is 10.9. The van der Waals surface area contributed by atoms with Crippen molar-refractivity contribution in [2.24, 2.45) is 0 Å². The number of hydrogen-bond acceptors (Lipinski definition) is 5. The predicted octanol–water partition coefficient (Wildman–Crippen LogP) is 5.58. The molecule has 38 heavy (non-hydrogen) atoms. The standard InChI is InChI=1S/C29H34N4O4S/c1-29(2,3)21-11-14-23(15-12-21)38(35,36)32-22-13-16-25-24(19-22)26(20-9-7-6-8-10-20)27(31-25)37-28(34)30-17-18-33(4)5/h6-16,19,31-32H,17-18H2,1-5H3,(H,30,34). The van der Waals surface area contributed by atoms with Crippen LogP contribution in [0.2, 0.25) is 0 Å². The SMILES string of the molecule is CN(C)CCNC(=O)Oc1[nH]c2ccc(NS(=O)(=O)c3ccc(C(C)(C)C)cc3)cc2c1-c1ccccc1. The fourth-order valence-corrected chi connectivity index (χ4v) is 5.11. The van der Waals surface area contributed by atoms with Gasteiger partial charge in [0.1, 0.15) is 0 Å². The van der Waals surface area contributed by atoms with E-state index in [2.05, 4.69) is 35.8 Å². The summed E-state index contributed by atoms with van der Waals surface area (Å²) in [6.45, 7) is 7.36. The van der Waals surface area contributed by atoms with Crippen molar-refractivity contribution in [2.45, 2.75) is 31.1 Å². The third-order valence-corrected chi connectivity index (χ3v) is 7.53. The number of fused-ring (bicyclic) bond motifs is 1. The number of likely N-dealkylation sites (N-methyl/N-ethyl adjacent to an activating group) is 1.